The second-order valence-corrected chi connectivity index (χ2v) is 5.79. The fraction of sp³-hybridized carbons (Fsp3) is 0.357. The van der Waals surface area contributed by atoms with Crippen molar-refractivity contribution in [3.8, 4) is 0 Å². The fourth-order valence-corrected chi connectivity index (χ4v) is 2.60. The van der Waals surface area contributed by atoms with Gasteiger partial charge in [0.05, 0.1) is 22.3 Å². The molecule has 1 atom stereocenters. The van der Waals surface area contributed by atoms with E-state index in [0.717, 1.165) is 10.7 Å². The van der Waals surface area contributed by atoms with Crippen LogP contribution in [0.4, 0.5) is 0 Å². The molecule has 2 rings (SSSR count). The molecule has 20 heavy (non-hydrogen) atoms. The molecule has 0 saturated heterocycles. The van der Waals surface area contributed by atoms with Gasteiger partial charge in [-0.1, -0.05) is 13.8 Å². The van der Waals surface area contributed by atoms with Crippen LogP contribution in [0.2, 0.25) is 0 Å². The predicted octanol–water partition coefficient (Wildman–Crippen LogP) is 2.45. The Labute approximate surface area is 121 Å². The van der Waals surface area contributed by atoms with Crippen molar-refractivity contribution in [3.63, 3.8) is 0 Å². The molecule has 0 aliphatic rings. The standard InChI is InChI=1S/C14H17N3O2S/c1-8(2)14-17-11(7-20-14)9(3)16-13(19)10-4-5-12(18)15-6-10/h4-9H,1-3H3,(H,15,18)(H,16,19)/t9-/m0/s1. The first-order chi connectivity index (χ1) is 9.47. The number of carbonyl (C=O) groups is 1. The van der Waals surface area contributed by atoms with Crippen LogP contribution < -0.4 is 10.9 Å². The van der Waals surface area contributed by atoms with Crippen LogP contribution in [0, 0.1) is 0 Å². The summed E-state index contributed by atoms with van der Waals surface area (Å²) in [5.74, 6) is 0.156. The molecule has 0 aliphatic heterocycles. The van der Waals surface area contributed by atoms with E-state index in [2.05, 4.69) is 29.1 Å². The molecule has 6 heteroatoms. The van der Waals surface area contributed by atoms with Gasteiger partial charge in [-0.3, -0.25) is 9.59 Å². The number of hydrogen-bond acceptors (Lipinski definition) is 4. The Morgan fingerprint density at radius 1 is 1.35 bits per heavy atom. The Bertz CT molecular complexity index is 640. The molecule has 2 aromatic rings. The average Bonchev–Trinajstić information content (AvgIpc) is 2.89. The monoisotopic (exact) mass is 291 g/mol. The molecule has 0 unspecified atom stereocenters. The lowest BCUT2D eigenvalue weighted by molar-refractivity contribution is 0.0939. The zero-order valence-corrected chi connectivity index (χ0v) is 12.5. The highest BCUT2D eigenvalue weighted by atomic mass is 32.1. The van der Waals surface area contributed by atoms with Gasteiger partial charge >= 0.3 is 0 Å². The molecule has 0 spiro atoms. The minimum Gasteiger partial charge on any atom is -0.344 e. The summed E-state index contributed by atoms with van der Waals surface area (Å²) in [6, 6.07) is 2.67. The summed E-state index contributed by atoms with van der Waals surface area (Å²) in [7, 11) is 0. The molecule has 0 radical (unpaired) electrons. The molecule has 2 N–H and O–H groups in total. The molecule has 1 amide bonds. The number of aromatic amines is 1. The molecular formula is C14H17N3O2S. The fourth-order valence-electron chi connectivity index (χ4n) is 1.67. The minimum absolute atomic E-state index is 0.168. The van der Waals surface area contributed by atoms with Crippen molar-refractivity contribution < 1.29 is 4.79 Å². The maximum absolute atomic E-state index is 12.0. The van der Waals surface area contributed by atoms with Gasteiger partial charge in [0.25, 0.3) is 5.91 Å². The maximum atomic E-state index is 12.0. The zero-order chi connectivity index (χ0) is 14.7. The lowest BCUT2D eigenvalue weighted by atomic mass is 10.2. The number of aromatic nitrogens is 2. The van der Waals surface area contributed by atoms with E-state index in [1.54, 1.807) is 11.3 Å². The quantitative estimate of drug-likeness (QED) is 0.908. The molecule has 0 fully saturated rings. The third kappa shape index (κ3) is 3.33. The highest BCUT2D eigenvalue weighted by Crippen LogP contribution is 2.22. The van der Waals surface area contributed by atoms with Gasteiger partial charge in [0, 0.05) is 23.6 Å². The first-order valence-electron chi connectivity index (χ1n) is 6.42. The zero-order valence-electron chi connectivity index (χ0n) is 11.6. The van der Waals surface area contributed by atoms with E-state index in [1.807, 2.05) is 12.3 Å². The van der Waals surface area contributed by atoms with Crippen molar-refractivity contribution in [2.75, 3.05) is 0 Å². The van der Waals surface area contributed by atoms with Gasteiger partial charge in [0.2, 0.25) is 5.56 Å². The number of nitrogens with zero attached hydrogens (tertiary/aromatic N) is 1. The van der Waals surface area contributed by atoms with Gasteiger partial charge in [0.15, 0.2) is 0 Å². The van der Waals surface area contributed by atoms with Crippen LogP contribution in [-0.4, -0.2) is 15.9 Å². The number of rotatable bonds is 4. The number of pyridine rings is 1. The molecule has 5 nitrogen and oxygen atoms in total. The molecular weight excluding hydrogens is 274 g/mol. The Kier molecular flexibility index (Phi) is 4.34. The number of carbonyl (C=O) groups excluding carboxylic acids is 1. The number of nitrogens with one attached hydrogen (secondary N) is 2. The van der Waals surface area contributed by atoms with Crippen LogP contribution in [0.25, 0.3) is 0 Å². The van der Waals surface area contributed by atoms with E-state index < -0.39 is 0 Å². The summed E-state index contributed by atoms with van der Waals surface area (Å²) in [6.45, 7) is 6.07. The van der Waals surface area contributed by atoms with Crippen LogP contribution in [-0.2, 0) is 0 Å². The first kappa shape index (κ1) is 14.5. The van der Waals surface area contributed by atoms with Crippen molar-refractivity contribution in [2.24, 2.45) is 0 Å². The average molecular weight is 291 g/mol. The topological polar surface area (TPSA) is 74.8 Å². The third-order valence-electron chi connectivity index (χ3n) is 2.87. The van der Waals surface area contributed by atoms with Crippen molar-refractivity contribution >= 4 is 17.2 Å². The van der Waals surface area contributed by atoms with Crippen molar-refractivity contribution in [2.45, 2.75) is 32.7 Å². The first-order valence-corrected chi connectivity index (χ1v) is 7.30. The molecule has 0 aliphatic carbocycles. The van der Waals surface area contributed by atoms with Crippen molar-refractivity contribution in [1.82, 2.24) is 15.3 Å². The van der Waals surface area contributed by atoms with Gasteiger partial charge < -0.3 is 10.3 Å². The van der Waals surface area contributed by atoms with Gasteiger partial charge in [-0.25, -0.2) is 4.98 Å². The number of hydrogen-bond donors (Lipinski definition) is 2. The minimum atomic E-state index is -0.229. The highest BCUT2D eigenvalue weighted by Gasteiger charge is 2.15. The van der Waals surface area contributed by atoms with Crippen LogP contribution >= 0.6 is 11.3 Å². The van der Waals surface area contributed by atoms with E-state index in [9.17, 15) is 9.59 Å². The number of amides is 1. The third-order valence-corrected chi connectivity index (χ3v) is 4.03. The second-order valence-electron chi connectivity index (χ2n) is 4.90. The molecule has 0 aromatic carbocycles. The summed E-state index contributed by atoms with van der Waals surface area (Å²) in [4.78, 5) is 30.0. The Hall–Kier alpha value is -1.95. The van der Waals surface area contributed by atoms with E-state index in [4.69, 9.17) is 0 Å². The summed E-state index contributed by atoms with van der Waals surface area (Å²) in [5, 5.41) is 5.89. The summed E-state index contributed by atoms with van der Waals surface area (Å²) in [5.41, 5.74) is 1.06. The van der Waals surface area contributed by atoms with Crippen LogP contribution in [0.1, 0.15) is 53.8 Å². The van der Waals surface area contributed by atoms with Crippen LogP contribution in [0.15, 0.2) is 28.5 Å². The molecule has 2 aromatic heterocycles. The lowest BCUT2D eigenvalue weighted by Gasteiger charge is -2.11. The smallest absolute Gasteiger partial charge is 0.253 e. The Morgan fingerprint density at radius 2 is 2.10 bits per heavy atom. The maximum Gasteiger partial charge on any atom is 0.253 e. The summed E-state index contributed by atoms with van der Waals surface area (Å²) >= 11 is 1.60. The van der Waals surface area contributed by atoms with Crippen LogP contribution in [0.5, 0.6) is 0 Å². The highest BCUT2D eigenvalue weighted by molar-refractivity contribution is 7.09. The summed E-state index contributed by atoms with van der Waals surface area (Å²) < 4.78 is 0. The molecule has 106 valence electrons. The van der Waals surface area contributed by atoms with Crippen LogP contribution in [0.3, 0.4) is 0 Å². The molecule has 0 bridgehead atoms. The largest absolute Gasteiger partial charge is 0.344 e. The molecule has 2 heterocycles. The summed E-state index contributed by atoms with van der Waals surface area (Å²) in [6.07, 6.45) is 1.41. The van der Waals surface area contributed by atoms with E-state index >= 15 is 0 Å². The van der Waals surface area contributed by atoms with Gasteiger partial charge in [0.1, 0.15) is 0 Å². The lowest BCUT2D eigenvalue weighted by Crippen LogP contribution is -2.27. The Balaban J connectivity index is 2.06. The van der Waals surface area contributed by atoms with Crippen molar-refractivity contribution in [3.05, 3.63) is 50.3 Å². The normalized spacial score (nSPS) is 12.4. The van der Waals surface area contributed by atoms with E-state index in [1.165, 1.54) is 18.3 Å². The number of thiazole rings is 1. The van der Waals surface area contributed by atoms with Gasteiger partial charge in [-0.05, 0) is 13.0 Å². The Morgan fingerprint density at radius 3 is 2.65 bits per heavy atom. The van der Waals surface area contributed by atoms with E-state index in [-0.39, 0.29) is 17.5 Å². The predicted molar refractivity (Wildman–Crippen MR) is 79.1 cm³/mol. The van der Waals surface area contributed by atoms with Crippen molar-refractivity contribution in [1.29, 1.82) is 0 Å². The second kappa shape index (κ2) is 6.00. The van der Waals surface area contributed by atoms with E-state index in [0.29, 0.717) is 11.5 Å². The molecule has 0 saturated carbocycles. The SMILES string of the molecule is CC(C)c1nc([C@H](C)NC(=O)c2ccc(=O)[nH]c2)cs1. The number of H-pyrrole nitrogens is 1. The van der Waals surface area contributed by atoms with Gasteiger partial charge in [-0.15, -0.1) is 11.3 Å². The van der Waals surface area contributed by atoms with Gasteiger partial charge in [-0.2, -0.15) is 0 Å².